The van der Waals surface area contributed by atoms with E-state index in [0.29, 0.717) is 61.0 Å². The molecule has 12 heteroatoms. The van der Waals surface area contributed by atoms with Crippen LogP contribution in [-0.4, -0.2) is 56.4 Å². The number of hydrogen-bond acceptors (Lipinski definition) is 9. The van der Waals surface area contributed by atoms with Gasteiger partial charge in [-0.2, -0.15) is 0 Å². The molecular weight excluding hydrogens is 857 g/mol. The Balaban J connectivity index is 1.16. The van der Waals surface area contributed by atoms with Gasteiger partial charge in [0.1, 0.15) is 19.0 Å². The van der Waals surface area contributed by atoms with Gasteiger partial charge in [-0.3, -0.25) is 4.79 Å². The SMILES string of the molecule is O=C(NCCc1ccc(OCc2ccccc2)c(OCc2ccccc2)c1)[C@]1(CCS(=O)(=O)c2ccccc2)N=C(c2ccc(OCCCO)cc2)O[C@@H]1c1ccc(Br)cc1. The van der Waals surface area contributed by atoms with Crippen molar-refractivity contribution in [3.8, 4) is 17.2 Å². The Bertz CT molecular complexity index is 2490. The number of carbonyl (C=O) groups excluding carboxylic acids is 1. The van der Waals surface area contributed by atoms with Crippen LogP contribution in [0.3, 0.4) is 0 Å². The number of benzene rings is 6. The van der Waals surface area contributed by atoms with Gasteiger partial charge >= 0.3 is 0 Å². The molecule has 0 aromatic heterocycles. The van der Waals surface area contributed by atoms with E-state index < -0.39 is 27.4 Å². The van der Waals surface area contributed by atoms with E-state index in [4.69, 9.17) is 29.0 Å². The maximum atomic E-state index is 14.9. The number of nitrogens with one attached hydrogen (secondary N) is 1. The van der Waals surface area contributed by atoms with E-state index >= 15 is 0 Å². The molecule has 0 saturated carbocycles. The Hall–Kier alpha value is -5.95. The molecule has 61 heavy (non-hydrogen) atoms. The van der Waals surface area contributed by atoms with Gasteiger partial charge in [-0.1, -0.05) is 113 Å². The van der Waals surface area contributed by atoms with Gasteiger partial charge < -0.3 is 29.4 Å². The molecule has 0 saturated heterocycles. The summed E-state index contributed by atoms with van der Waals surface area (Å²) >= 11 is 3.51. The van der Waals surface area contributed by atoms with Crippen LogP contribution in [0.4, 0.5) is 0 Å². The van der Waals surface area contributed by atoms with E-state index in [9.17, 15) is 13.2 Å². The molecule has 0 unspecified atom stereocenters. The molecule has 6 aromatic rings. The molecule has 1 aliphatic rings. The van der Waals surface area contributed by atoms with Crippen molar-refractivity contribution >= 4 is 37.6 Å². The fourth-order valence-electron chi connectivity index (χ4n) is 6.93. The maximum Gasteiger partial charge on any atom is 0.252 e. The smallest absolute Gasteiger partial charge is 0.252 e. The van der Waals surface area contributed by atoms with Crippen molar-refractivity contribution in [3.63, 3.8) is 0 Å². The highest BCUT2D eigenvalue weighted by atomic mass is 79.9. The molecule has 314 valence electrons. The zero-order valence-corrected chi connectivity index (χ0v) is 35.9. The Labute approximate surface area is 365 Å². The quantitative estimate of drug-likeness (QED) is 0.0727. The van der Waals surface area contributed by atoms with Crippen molar-refractivity contribution in [2.45, 2.75) is 49.0 Å². The molecule has 0 aliphatic carbocycles. The zero-order chi connectivity index (χ0) is 42.5. The topological polar surface area (TPSA) is 133 Å². The molecule has 2 atom stereocenters. The zero-order valence-electron chi connectivity index (χ0n) is 33.5. The number of amides is 1. The lowest BCUT2D eigenvalue weighted by atomic mass is 9.85. The normalized spacial score (nSPS) is 16.0. The molecule has 10 nitrogen and oxygen atoms in total. The van der Waals surface area contributed by atoms with Gasteiger partial charge in [0.25, 0.3) is 5.91 Å². The molecule has 7 rings (SSSR count). The molecule has 0 spiro atoms. The maximum absolute atomic E-state index is 14.9. The summed E-state index contributed by atoms with van der Waals surface area (Å²) in [6.07, 6.45) is -0.189. The first-order valence-corrected chi connectivity index (χ1v) is 22.6. The number of rotatable bonds is 20. The van der Waals surface area contributed by atoms with Crippen LogP contribution in [0, 0.1) is 0 Å². The minimum atomic E-state index is -3.82. The van der Waals surface area contributed by atoms with Crippen molar-refractivity contribution in [1.82, 2.24) is 5.32 Å². The van der Waals surface area contributed by atoms with E-state index in [1.165, 1.54) is 0 Å². The number of hydrogen-bond donors (Lipinski definition) is 2. The minimum Gasteiger partial charge on any atom is -0.494 e. The number of nitrogens with zero attached hydrogens (tertiary/aromatic N) is 1. The van der Waals surface area contributed by atoms with Gasteiger partial charge in [-0.25, -0.2) is 13.4 Å². The fraction of sp³-hybridized carbons (Fsp3) is 0.224. The van der Waals surface area contributed by atoms with Crippen molar-refractivity contribution in [2.75, 3.05) is 25.5 Å². The van der Waals surface area contributed by atoms with Crippen LogP contribution in [0.5, 0.6) is 17.2 Å². The van der Waals surface area contributed by atoms with Crippen LogP contribution in [0.2, 0.25) is 0 Å². The average Bonchev–Trinajstić information content (AvgIpc) is 3.70. The van der Waals surface area contributed by atoms with Gasteiger partial charge in [0.2, 0.25) is 5.90 Å². The molecule has 6 aromatic carbocycles. The van der Waals surface area contributed by atoms with Crippen molar-refractivity contribution in [3.05, 3.63) is 190 Å². The summed E-state index contributed by atoms with van der Waals surface area (Å²) in [5.74, 6) is 1.15. The highest BCUT2D eigenvalue weighted by Crippen LogP contribution is 2.43. The second kappa shape index (κ2) is 20.5. The summed E-state index contributed by atoms with van der Waals surface area (Å²) in [7, 11) is -3.82. The second-order valence-corrected chi connectivity index (χ2v) is 17.6. The number of aliphatic hydroxyl groups is 1. The average molecular weight is 904 g/mol. The number of aliphatic imine (C=N–C) groups is 1. The third-order valence-electron chi connectivity index (χ3n) is 10.2. The molecule has 2 N–H and O–H groups in total. The van der Waals surface area contributed by atoms with Crippen molar-refractivity contribution in [2.24, 2.45) is 4.99 Å². The number of sulfone groups is 1. The Morgan fingerprint density at radius 2 is 1.36 bits per heavy atom. The first kappa shape index (κ1) is 43.1. The number of halogens is 1. The summed E-state index contributed by atoms with van der Waals surface area (Å²) in [6.45, 7) is 1.30. The number of ether oxygens (including phenoxy) is 4. The summed E-state index contributed by atoms with van der Waals surface area (Å²) in [6, 6.07) is 48.2. The summed E-state index contributed by atoms with van der Waals surface area (Å²) in [5, 5.41) is 12.3. The second-order valence-electron chi connectivity index (χ2n) is 14.6. The van der Waals surface area contributed by atoms with Crippen molar-refractivity contribution in [1.29, 1.82) is 0 Å². The predicted molar refractivity (Wildman–Crippen MR) is 239 cm³/mol. The van der Waals surface area contributed by atoms with E-state index in [-0.39, 0.29) is 36.1 Å². The fourth-order valence-corrected chi connectivity index (χ4v) is 8.58. The predicted octanol–water partition coefficient (Wildman–Crippen LogP) is 8.85. The molecule has 1 amide bonds. The van der Waals surface area contributed by atoms with Crippen LogP contribution < -0.4 is 19.5 Å². The first-order valence-electron chi connectivity index (χ1n) is 20.1. The molecule has 0 bridgehead atoms. The van der Waals surface area contributed by atoms with E-state index in [1.54, 1.807) is 54.6 Å². The largest absolute Gasteiger partial charge is 0.494 e. The third kappa shape index (κ3) is 11.3. The lowest BCUT2D eigenvalue weighted by Crippen LogP contribution is -2.49. The molecular formula is C49H47BrN2O8S. The summed E-state index contributed by atoms with van der Waals surface area (Å²) in [5.41, 5.74) is 2.51. The van der Waals surface area contributed by atoms with Crippen LogP contribution in [-0.2, 0) is 39.0 Å². The van der Waals surface area contributed by atoms with Gasteiger partial charge in [0, 0.05) is 36.0 Å². The monoisotopic (exact) mass is 902 g/mol. The van der Waals surface area contributed by atoms with Crippen LogP contribution in [0.1, 0.15) is 46.8 Å². The lowest BCUT2D eigenvalue weighted by molar-refractivity contribution is -0.129. The first-order chi connectivity index (χ1) is 29.7. The van der Waals surface area contributed by atoms with Gasteiger partial charge in [-0.05, 0) is 89.3 Å². The van der Waals surface area contributed by atoms with Crippen LogP contribution in [0.25, 0.3) is 0 Å². The van der Waals surface area contributed by atoms with E-state index in [2.05, 4.69) is 21.2 Å². The number of carbonyl (C=O) groups is 1. The van der Waals surface area contributed by atoms with E-state index in [1.807, 2.05) is 103 Å². The highest BCUT2D eigenvalue weighted by molar-refractivity contribution is 9.10. The molecule has 1 aliphatic heterocycles. The standard InChI is InChI=1S/C49H47BrN2O8S/c50-41-22-18-39(19-23-41)46-49(28-32-61(55,56)43-15-8-3-9-16-43,52-47(60-46)40-20-24-42(25-21-40)57-31-10-30-53)48(54)51-29-27-36-17-26-44(58-34-37-11-4-1-5-12-37)45(33-36)59-35-38-13-6-2-7-14-38/h1-9,11-26,33,46,53H,10,27-32,34-35H2,(H,51,54)/t46-,49-/m1/s1. The molecule has 1 heterocycles. The molecule has 0 radical (unpaired) electrons. The summed E-state index contributed by atoms with van der Waals surface area (Å²) < 4.78 is 53.3. The van der Waals surface area contributed by atoms with Crippen LogP contribution in [0.15, 0.2) is 172 Å². The van der Waals surface area contributed by atoms with Gasteiger partial charge in [0.05, 0.1) is 17.3 Å². The van der Waals surface area contributed by atoms with Crippen molar-refractivity contribution < 1.29 is 37.3 Å². The lowest BCUT2D eigenvalue weighted by Gasteiger charge is -2.30. The minimum absolute atomic E-state index is 0.0188. The third-order valence-corrected chi connectivity index (χ3v) is 12.5. The molecule has 0 fully saturated rings. The Kier molecular flexibility index (Phi) is 14.5. The van der Waals surface area contributed by atoms with Crippen LogP contribution >= 0.6 is 15.9 Å². The Morgan fingerprint density at radius 1 is 0.738 bits per heavy atom. The summed E-state index contributed by atoms with van der Waals surface area (Å²) in [4.78, 5) is 20.0. The van der Waals surface area contributed by atoms with Gasteiger partial charge in [0.15, 0.2) is 33.0 Å². The van der Waals surface area contributed by atoms with E-state index in [0.717, 1.165) is 21.2 Å². The number of aliphatic hydroxyl groups excluding tert-OH is 1. The Morgan fingerprint density at radius 3 is 2.00 bits per heavy atom. The highest BCUT2D eigenvalue weighted by Gasteiger charge is 2.53. The van der Waals surface area contributed by atoms with Gasteiger partial charge in [-0.15, -0.1) is 0 Å².